The number of nitrogens with one attached hydrogen (secondary N) is 2. The number of benzene rings is 2. The first-order chi connectivity index (χ1) is 19.7. The minimum absolute atomic E-state index is 0.0945. The number of thiophene rings is 1. The van der Waals surface area contributed by atoms with E-state index in [0.717, 1.165) is 16.8 Å². The third-order valence-electron chi connectivity index (χ3n) is 5.97. The van der Waals surface area contributed by atoms with Crippen molar-refractivity contribution in [2.75, 3.05) is 20.3 Å². The largest absolute Gasteiger partial charge is 0.457 e. The van der Waals surface area contributed by atoms with E-state index in [1.165, 1.54) is 17.0 Å². The van der Waals surface area contributed by atoms with Gasteiger partial charge in [-0.05, 0) is 67.4 Å². The average molecular weight is 586 g/mol. The standard InChI is InChI=1S/C27H29FN2O4S.CH4N2.CH3NO/c1-18-3-12-24(35-18)15-29-27(32)25-13-20(17-33-2)16-30(25)26(31)14-19-4-8-22(9-5-19)34-23-10-6-21(28)7-11-23;2*2-1-3/h3-12,20,25H,13-17H2,1-2H3,(H,29,32);1H,(H3,2,3);1H,(H2,2,3). The number of carbonyl (C=O) groups is 3. The van der Waals surface area contributed by atoms with Gasteiger partial charge in [-0.25, -0.2) is 4.39 Å². The molecule has 6 N–H and O–H groups in total. The first kappa shape index (κ1) is 32.9. The Balaban J connectivity index is 0.000000901. The van der Waals surface area contributed by atoms with Gasteiger partial charge in [0, 0.05) is 29.3 Å². The molecule has 0 bridgehead atoms. The zero-order valence-corrected chi connectivity index (χ0v) is 23.9. The molecule has 0 saturated carbocycles. The molecule has 1 fully saturated rings. The number of carbonyl (C=O) groups excluding carboxylic acids is 3. The molecule has 3 amide bonds. The summed E-state index contributed by atoms with van der Waals surface area (Å²) in [5, 5.41) is 8.86. The van der Waals surface area contributed by atoms with Crippen molar-refractivity contribution in [1.82, 2.24) is 10.2 Å². The highest BCUT2D eigenvalue weighted by molar-refractivity contribution is 7.11. The molecular formula is C29H36FN5O5S. The minimum atomic E-state index is -0.509. The van der Waals surface area contributed by atoms with Gasteiger partial charge in [-0.1, -0.05) is 12.1 Å². The highest BCUT2D eigenvalue weighted by Gasteiger charge is 2.39. The summed E-state index contributed by atoms with van der Waals surface area (Å²) in [6.07, 6.45) is 1.77. The SMILES string of the molecule is COCC1CC(C(=O)NCc2ccc(C)s2)N(C(=O)Cc2ccc(Oc3ccc(F)cc3)cc2)C1.N=CN.NC=O. The lowest BCUT2D eigenvalue weighted by atomic mass is 10.1. The van der Waals surface area contributed by atoms with E-state index in [-0.39, 0.29) is 36.4 Å². The van der Waals surface area contributed by atoms with Gasteiger partial charge in [-0.15, -0.1) is 11.3 Å². The molecule has 10 nitrogen and oxygen atoms in total. The Labute approximate surface area is 242 Å². The molecule has 1 aromatic heterocycles. The van der Waals surface area contributed by atoms with Crippen LogP contribution in [0.2, 0.25) is 0 Å². The lowest BCUT2D eigenvalue weighted by Gasteiger charge is -2.24. The molecule has 1 saturated heterocycles. The number of nitrogens with two attached hydrogens (primary N) is 2. The van der Waals surface area contributed by atoms with Crippen LogP contribution in [0.25, 0.3) is 0 Å². The molecular weight excluding hydrogens is 549 g/mol. The summed E-state index contributed by atoms with van der Waals surface area (Å²) in [6.45, 7) is 3.49. The lowest BCUT2D eigenvalue weighted by Crippen LogP contribution is -2.46. The Hall–Kier alpha value is -4.29. The molecule has 12 heteroatoms. The number of amides is 3. The maximum Gasteiger partial charge on any atom is 0.243 e. The van der Waals surface area contributed by atoms with Crippen LogP contribution in [-0.4, -0.2) is 55.8 Å². The van der Waals surface area contributed by atoms with Crippen LogP contribution >= 0.6 is 11.3 Å². The van der Waals surface area contributed by atoms with Gasteiger partial charge >= 0.3 is 0 Å². The fourth-order valence-corrected chi connectivity index (χ4v) is 5.10. The second-order valence-electron chi connectivity index (χ2n) is 9.03. The van der Waals surface area contributed by atoms with Crippen LogP contribution in [0.1, 0.15) is 21.7 Å². The number of halogens is 1. The van der Waals surface area contributed by atoms with Crippen molar-refractivity contribution in [3.8, 4) is 11.5 Å². The number of likely N-dealkylation sites (tertiary alicyclic amines) is 1. The van der Waals surface area contributed by atoms with E-state index >= 15 is 0 Å². The smallest absolute Gasteiger partial charge is 0.243 e. The maximum atomic E-state index is 13.2. The molecule has 0 spiro atoms. The minimum Gasteiger partial charge on any atom is -0.457 e. The fraction of sp³-hybridized carbons (Fsp3) is 0.310. The third-order valence-corrected chi connectivity index (χ3v) is 6.97. The van der Waals surface area contributed by atoms with Crippen molar-refractivity contribution in [2.45, 2.75) is 32.4 Å². The predicted molar refractivity (Wildman–Crippen MR) is 156 cm³/mol. The van der Waals surface area contributed by atoms with E-state index in [1.54, 1.807) is 47.6 Å². The molecule has 2 atom stereocenters. The number of aryl methyl sites for hydroxylation is 1. The second kappa shape index (κ2) is 17.4. The number of nitrogens with zero attached hydrogens (tertiary/aromatic N) is 1. The summed E-state index contributed by atoms with van der Waals surface area (Å²) >= 11 is 1.65. The average Bonchev–Trinajstić information content (AvgIpc) is 3.57. The molecule has 2 heterocycles. The van der Waals surface area contributed by atoms with Crippen molar-refractivity contribution in [3.63, 3.8) is 0 Å². The van der Waals surface area contributed by atoms with Crippen LogP contribution in [0.3, 0.4) is 0 Å². The van der Waals surface area contributed by atoms with Crippen LogP contribution < -0.4 is 21.5 Å². The normalized spacial score (nSPS) is 15.4. The van der Waals surface area contributed by atoms with E-state index in [4.69, 9.17) is 19.7 Å². The van der Waals surface area contributed by atoms with Crippen molar-refractivity contribution < 1.29 is 28.2 Å². The van der Waals surface area contributed by atoms with Gasteiger partial charge in [0.15, 0.2) is 0 Å². The zero-order valence-electron chi connectivity index (χ0n) is 23.0. The summed E-state index contributed by atoms with van der Waals surface area (Å²) in [7, 11) is 1.63. The first-order valence-corrected chi connectivity index (χ1v) is 13.6. The molecule has 41 heavy (non-hydrogen) atoms. The summed E-state index contributed by atoms with van der Waals surface area (Å²) in [4.78, 5) is 38.8. The molecule has 2 unspecified atom stereocenters. The number of primary amides is 1. The van der Waals surface area contributed by atoms with E-state index in [1.807, 2.05) is 31.2 Å². The van der Waals surface area contributed by atoms with Crippen LogP contribution in [-0.2, 0) is 32.1 Å². The van der Waals surface area contributed by atoms with E-state index in [2.05, 4.69) is 16.8 Å². The third kappa shape index (κ3) is 11.0. The summed E-state index contributed by atoms with van der Waals surface area (Å²) in [5.41, 5.74) is 9.38. The van der Waals surface area contributed by atoms with Crippen LogP contribution in [0.5, 0.6) is 11.5 Å². The molecule has 220 valence electrons. The Morgan fingerprint density at radius 1 is 1.10 bits per heavy atom. The van der Waals surface area contributed by atoms with Gasteiger partial charge in [0.25, 0.3) is 0 Å². The van der Waals surface area contributed by atoms with Crippen LogP contribution in [0.15, 0.2) is 60.7 Å². The second-order valence-corrected chi connectivity index (χ2v) is 10.4. The van der Waals surface area contributed by atoms with Gasteiger partial charge < -0.3 is 31.2 Å². The van der Waals surface area contributed by atoms with Crippen LogP contribution in [0, 0.1) is 24.1 Å². The topological polar surface area (TPSA) is 161 Å². The first-order valence-electron chi connectivity index (χ1n) is 12.7. The Bertz CT molecular complexity index is 1250. The summed E-state index contributed by atoms with van der Waals surface area (Å²) < 4.78 is 24.1. The molecule has 3 aromatic rings. The summed E-state index contributed by atoms with van der Waals surface area (Å²) in [5.74, 6) is 0.692. The predicted octanol–water partition coefficient (Wildman–Crippen LogP) is 3.36. The number of hydrogen-bond donors (Lipinski definition) is 4. The Morgan fingerprint density at radius 2 is 1.68 bits per heavy atom. The molecule has 1 aliphatic rings. The van der Waals surface area contributed by atoms with Crippen molar-refractivity contribution in [3.05, 3.63) is 81.8 Å². The highest BCUT2D eigenvalue weighted by atomic mass is 32.1. The zero-order chi connectivity index (χ0) is 30.2. The number of hydrogen-bond acceptors (Lipinski definition) is 7. The van der Waals surface area contributed by atoms with E-state index in [9.17, 15) is 14.0 Å². The molecule has 0 aliphatic carbocycles. The number of ether oxygens (including phenoxy) is 2. The Morgan fingerprint density at radius 3 is 2.22 bits per heavy atom. The van der Waals surface area contributed by atoms with Gasteiger partial charge in [-0.3, -0.25) is 19.8 Å². The number of rotatable bonds is 9. The molecule has 2 aromatic carbocycles. The van der Waals surface area contributed by atoms with Crippen LogP contribution in [0.4, 0.5) is 4.39 Å². The quantitative estimate of drug-likeness (QED) is 0.171. The van der Waals surface area contributed by atoms with Crippen molar-refractivity contribution in [1.29, 1.82) is 5.41 Å². The summed E-state index contributed by atoms with van der Waals surface area (Å²) in [6, 6.07) is 16.5. The molecule has 4 rings (SSSR count). The van der Waals surface area contributed by atoms with Gasteiger partial charge in [-0.2, -0.15) is 0 Å². The Kier molecular flexibility index (Phi) is 14.0. The van der Waals surface area contributed by atoms with Crippen molar-refractivity contribution >= 4 is 35.9 Å². The fourth-order valence-electron chi connectivity index (χ4n) is 4.27. The molecule has 1 aliphatic heterocycles. The van der Waals surface area contributed by atoms with E-state index in [0.29, 0.717) is 37.6 Å². The van der Waals surface area contributed by atoms with Gasteiger partial charge in [0.05, 0.1) is 25.9 Å². The molecule has 0 radical (unpaired) electrons. The van der Waals surface area contributed by atoms with E-state index < -0.39 is 6.04 Å². The number of methoxy groups -OCH3 is 1. The van der Waals surface area contributed by atoms with Gasteiger partial charge in [0.2, 0.25) is 18.2 Å². The lowest BCUT2D eigenvalue weighted by molar-refractivity contribution is -0.138. The highest BCUT2D eigenvalue weighted by Crippen LogP contribution is 2.26. The maximum absolute atomic E-state index is 13.2. The monoisotopic (exact) mass is 585 g/mol. The van der Waals surface area contributed by atoms with Gasteiger partial charge in [0.1, 0.15) is 23.4 Å². The van der Waals surface area contributed by atoms with Crippen molar-refractivity contribution in [2.24, 2.45) is 17.4 Å².